The SMILES string of the molecule is CO[C@H]1C[C@H](O[C@@H]2[C@@H](C)O[C@@H](O[C@H]3[C@@H](O)C[C@H](O[C@H]4CC[C@@]5(C)C(=CC[C@]6(O)[C@@H]5C[C@@H](O)[C@]5(C)[C@H](C(C)=O)CC[C@@]56O)C4)O[C@@H]3C)C[C@H]2OC)O[C@H](C)[C@H]1O[C@H]1C[C@@H](OC)[C@H](O)[C@@H](C)O1. The van der Waals surface area contributed by atoms with Gasteiger partial charge in [0, 0.05) is 64.3 Å². The second-order valence-corrected chi connectivity index (χ2v) is 21.1. The number of aliphatic hydroxyl groups excluding tert-OH is 3. The van der Waals surface area contributed by atoms with E-state index in [4.69, 9.17) is 52.1 Å². The van der Waals surface area contributed by atoms with E-state index in [1.165, 1.54) is 6.92 Å². The largest absolute Gasteiger partial charge is 0.392 e. The predicted octanol–water partition coefficient (Wildman–Crippen LogP) is 3.20. The molecule has 372 valence electrons. The number of Topliss-reactive ketones (excluding diaryl/α,β-unsaturated/α-hetero) is 1. The van der Waals surface area contributed by atoms with Gasteiger partial charge in [-0.1, -0.05) is 25.5 Å². The topological polar surface area (TPSA) is 220 Å². The van der Waals surface area contributed by atoms with Gasteiger partial charge in [-0.3, -0.25) is 4.79 Å². The molecule has 17 nitrogen and oxygen atoms in total. The Labute approximate surface area is 384 Å². The minimum atomic E-state index is -1.59. The minimum Gasteiger partial charge on any atom is -0.392 e. The molecule has 0 aromatic heterocycles. The van der Waals surface area contributed by atoms with Crippen LogP contribution >= 0.6 is 0 Å². The third-order valence-electron chi connectivity index (χ3n) is 17.7. The molecule has 0 radical (unpaired) electrons. The number of ketones is 1. The molecule has 0 unspecified atom stereocenters. The van der Waals surface area contributed by atoms with Crippen molar-refractivity contribution in [3.8, 4) is 0 Å². The van der Waals surface area contributed by atoms with E-state index >= 15 is 0 Å². The first-order valence-electron chi connectivity index (χ1n) is 24.2. The molecule has 0 aromatic carbocycles. The van der Waals surface area contributed by atoms with Crippen LogP contribution in [0.3, 0.4) is 0 Å². The summed E-state index contributed by atoms with van der Waals surface area (Å²) in [5, 5.41) is 58.4. The second kappa shape index (κ2) is 19.2. The molecular formula is C48H78O17. The average molecular weight is 927 g/mol. The van der Waals surface area contributed by atoms with Crippen molar-refractivity contribution >= 4 is 5.78 Å². The van der Waals surface area contributed by atoms with Gasteiger partial charge in [0.05, 0.1) is 61.0 Å². The van der Waals surface area contributed by atoms with Gasteiger partial charge >= 0.3 is 0 Å². The number of ether oxygens (including phenoxy) is 11. The number of rotatable bonds is 12. The Morgan fingerprint density at radius 3 is 1.71 bits per heavy atom. The van der Waals surface area contributed by atoms with E-state index in [1.54, 1.807) is 35.2 Å². The van der Waals surface area contributed by atoms with Gasteiger partial charge in [0.1, 0.15) is 41.4 Å². The Bertz CT molecular complexity index is 1690. The van der Waals surface area contributed by atoms with E-state index in [2.05, 4.69) is 13.0 Å². The van der Waals surface area contributed by atoms with Gasteiger partial charge in [-0.05, 0) is 85.0 Å². The van der Waals surface area contributed by atoms with Crippen molar-refractivity contribution in [3.63, 3.8) is 0 Å². The molecule has 4 heterocycles. The van der Waals surface area contributed by atoms with Gasteiger partial charge in [-0.15, -0.1) is 0 Å². The maximum absolute atomic E-state index is 12.7. The number of carbonyl (C=O) groups excluding carboxylic acids is 1. The zero-order chi connectivity index (χ0) is 47.0. The molecule has 5 N–H and O–H groups in total. The molecule has 4 aliphatic carbocycles. The first-order valence-corrected chi connectivity index (χ1v) is 24.2. The summed E-state index contributed by atoms with van der Waals surface area (Å²) in [5.41, 5.74) is -3.53. The molecule has 24 atom stereocenters. The molecule has 0 bridgehead atoms. The van der Waals surface area contributed by atoms with Gasteiger partial charge in [0.25, 0.3) is 0 Å². The van der Waals surface area contributed by atoms with Crippen LogP contribution in [-0.2, 0) is 56.9 Å². The Morgan fingerprint density at radius 1 is 0.662 bits per heavy atom. The van der Waals surface area contributed by atoms with Crippen molar-refractivity contribution < 1.29 is 82.4 Å². The molecule has 8 rings (SSSR count). The molecule has 0 amide bonds. The van der Waals surface area contributed by atoms with E-state index < -0.39 is 126 Å². The summed E-state index contributed by atoms with van der Waals surface area (Å²) in [6.45, 7) is 12.9. The monoisotopic (exact) mass is 927 g/mol. The highest BCUT2D eigenvalue weighted by atomic mass is 16.8. The van der Waals surface area contributed by atoms with Crippen molar-refractivity contribution in [1.82, 2.24) is 0 Å². The fraction of sp³-hybridized carbons (Fsp3) is 0.938. The Morgan fingerprint density at radius 2 is 1.17 bits per heavy atom. The zero-order valence-electron chi connectivity index (χ0n) is 40.0. The maximum atomic E-state index is 12.7. The van der Waals surface area contributed by atoms with Crippen LogP contribution in [0.5, 0.6) is 0 Å². The molecule has 4 saturated heterocycles. The minimum absolute atomic E-state index is 0.0612. The van der Waals surface area contributed by atoms with Gasteiger partial charge in [0.2, 0.25) is 0 Å². The smallest absolute Gasteiger partial charge is 0.161 e. The maximum Gasteiger partial charge on any atom is 0.161 e. The summed E-state index contributed by atoms with van der Waals surface area (Å²) < 4.78 is 68.2. The third kappa shape index (κ3) is 8.75. The van der Waals surface area contributed by atoms with Gasteiger partial charge in [-0.25, -0.2) is 0 Å². The molecule has 3 saturated carbocycles. The number of carbonyl (C=O) groups is 1. The van der Waals surface area contributed by atoms with E-state index in [9.17, 15) is 30.3 Å². The molecule has 8 aliphatic rings. The van der Waals surface area contributed by atoms with Crippen molar-refractivity contribution in [2.45, 2.75) is 241 Å². The highest BCUT2D eigenvalue weighted by Crippen LogP contribution is 2.69. The van der Waals surface area contributed by atoms with Crippen LogP contribution in [-0.4, -0.2) is 174 Å². The van der Waals surface area contributed by atoms with E-state index in [0.29, 0.717) is 51.4 Å². The normalized spacial score (nSPS) is 53.7. The Balaban J connectivity index is 0.830. The number of aliphatic hydroxyl groups is 5. The lowest BCUT2D eigenvalue weighted by molar-refractivity contribution is -0.346. The van der Waals surface area contributed by atoms with Crippen LogP contribution in [0.1, 0.15) is 119 Å². The summed E-state index contributed by atoms with van der Waals surface area (Å²) in [6.07, 6.45) is -3.54. The Hall–Kier alpha value is -1.23. The molecule has 4 aliphatic heterocycles. The first kappa shape index (κ1) is 50.2. The van der Waals surface area contributed by atoms with Gasteiger partial charge in [-0.2, -0.15) is 0 Å². The Kier molecular flexibility index (Phi) is 14.8. The lowest BCUT2D eigenvalue weighted by Gasteiger charge is -2.66. The molecular weight excluding hydrogens is 849 g/mol. The van der Waals surface area contributed by atoms with E-state index in [-0.39, 0.29) is 43.2 Å². The number of methoxy groups -OCH3 is 3. The zero-order valence-corrected chi connectivity index (χ0v) is 40.0. The summed E-state index contributed by atoms with van der Waals surface area (Å²) in [7, 11) is 4.81. The third-order valence-corrected chi connectivity index (χ3v) is 17.7. The molecule has 65 heavy (non-hydrogen) atoms. The fourth-order valence-electron chi connectivity index (χ4n) is 13.8. The number of hydrogen-bond acceptors (Lipinski definition) is 17. The van der Waals surface area contributed by atoms with E-state index in [0.717, 1.165) is 5.57 Å². The van der Waals surface area contributed by atoms with Crippen LogP contribution in [0, 0.1) is 22.7 Å². The van der Waals surface area contributed by atoms with Crippen LogP contribution in [0.2, 0.25) is 0 Å². The summed E-state index contributed by atoms with van der Waals surface area (Å²) in [5.74, 6) is -0.961. The van der Waals surface area contributed by atoms with Crippen molar-refractivity contribution in [1.29, 1.82) is 0 Å². The summed E-state index contributed by atoms with van der Waals surface area (Å²) in [6, 6.07) is 0. The molecule has 7 fully saturated rings. The van der Waals surface area contributed by atoms with Crippen LogP contribution in [0.25, 0.3) is 0 Å². The standard InChI is InChI=1S/C48H78O17/c1-23(49)30-13-16-48(54)46(30,7)36(51)22-35-45(6)14-12-29(17-28(45)11-15-47(35,48)53)62-37-18-31(50)42(25(3)59-37)63-39-20-33(56-9)44(26(4)60-39)65-40-21-34(57-10)43(27(5)61-40)64-38-19-32(55-8)41(52)24(2)58-38/h11,24-27,29-44,50-54H,12-22H2,1-10H3/t24-,25-,26-,27-,29+,30+,31+,32-,33-,34+,35-,36-,37+,38+,39+,40+,41-,42-,43-,44-,45+,46+,47+,48-/m1/s1. The van der Waals surface area contributed by atoms with Crippen molar-refractivity contribution in [2.75, 3.05) is 21.3 Å². The summed E-state index contributed by atoms with van der Waals surface area (Å²) in [4.78, 5) is 12.7. The quantitative estimate of drug-likeness (QED) is 0.178. The summed E-state index contributed by atoms with van der Waals surface area (Å²) >= 11 is 0. The van der Waals surface area contributed by atoms with Crippen LogP contribution < -0.4 is 0 Å². The highest BCUT2D eigenvalue weighted by molar-refractivity contribution is 5.80. The van der Waals surface area contributed by atoms with Crippen LogP contribution in [0.4, 0.5) is 0 Å². The number of hydrogen-bond donors (Lipinski definition) is 5. The second-order valence-electron chi connectivity index (χ2n) is 21.1. The highest BCUT2D eigenvalue weighted by Gasteiger charge is 2.76. The fourth-order valence-corrected chi connectivity index (χ4v) is 13.8. The number of fused-ring (bicyclic) bond motifs is 5. The molecule has 0 aromatic rings. The average Bonchev–Trinajstić information content (AvgIpc) is 3.56. The lowest BCUT2D eigenvalue weighted by atomic mass is 9.43. The lowest BCUT2D eigenvalue weighted by Crippen LogP contribution is -2.75. The van der Waals surface area contributed by atoms with Gasteiger partial charge < -0.3 is 77.6 Å². The predicted molar refractivity (Wildman–Crippen MR) is 230 cm³/mol. The van der Waals surface area contributed by atoms with Crippen molar-refractivity contribution in [3.05, 3.63) is 11.6 Å². The van der Waals surface area contributed by atoms with Crippen LogP contribution in [0.15, 0.2) is 11.6 Å². The van der Waals surface area contributed by atoms with E-state index in [1.807, 2.05) is 20.8 Å². The molecule has 0 spiro atoms. The van der Waals surface area contributed by atoms with Crippen molar-refractivity contribution in [2.24, 2.45) is 22.7 Å². The first-order chi connectivity index (χ1) is 30.7. The van der Waals surface area contributed by atoms with Gasteiger partial charge in [0.15, 0.2) is 25.2 Å². The molecule has 17 heteroatoms.